The Morgan fingerprint density at radius 1 is 1.47 bits per heavy atom. The zero-order valence-corrected chi connectivity index (χ0v) is 12.2. The van der Waals surface area contributed by atoms with Gasteiger partial charge in [-0.25, -0.2) is 0 Å². The predicted molar refractivity (Wildman–Crippen MR) is 72.4 cm³/mol. The standard InChI is InChI=1S/C13H25N3O3/c1-9(2)15-11(17)10-7-19-6-5-16(10)12(18)13(3,4)8-14/h9-10H,5-8,14H2,1-4H3,(H,15,17). The molecule has 1 heterocycles. The van der Waals surface area contributed by atoms with Crippen LogP contribution in [0.4, 0.5) is 0 Å². The molecule has 1 fully saturated rings. The molecule has 0 aromatic rings. The number of morpholine rings is 1. The summed E-state index contributed by atoms with van der Waals surface area (Å²) in [6.07, 6.45) is 0. The number of amides is 2. The van der Waals surface area contributed by atoms with E-state index in [1.54, 1.807) is 18.7 Å². The second kappa shape index (κ2) is 6.34. The molecule has 6 heteroatoms. The SMILES string of the molecule is CC(C)NC(=O)C1COCCN1C(=O)C(C)(C)CN. The first-order valence-electron chi connectivity index (χ1n) is 6.69. The van der Waals surface area contributed by atoms with Crippen molar-refractivity contribution in [3.8, 4) is 0 Å². The summed E-state index contributed by atoms with van der Waals surface area (Å²) in [5, 5.41) is 2.82. The van der Waals surface area contributed by atoms with Crippen molar-refractivity contribution in [2.24, 2.45) is 11.1 Å². The molecular formula is C13H25N3O3. The summed E-state index contributed by atoms with van der Waals surface area (Å²) in [6, 6.07) is -0.525. The molecule has 0 aliphatic carbocycles. The van der Waals surface area contributed by atoms with Crippen molar-refractivity contribution in [2.45, 2.75) is 39.8 Å². The van der Waals surface area contributed by atoms with E-state index >= 15 is 0 Å². The summed E-state index contributed by atoms with van der Waals surface area (Å²) >= 11 is 0. The topological polar surface area (TPSA) is 84.7 Å². The second-order valence-corrected chi connectivity index (χ2v) is 5.84. The second-order valence-electron chi connectivity index (χ2n) is 5.84. The number of hydrogen-bond acceptors (Lipinski definition) is 4. The van der Waals surface area contributed by atoms with Gasteiger partial charge in [0.05, 0.1) is 18.6 Å². The van der Waals surface area contributed by atoms with Crippen LogP contribution in [0.2, 0.25) is 0 Å². The van der Waals surface area contributed by atoms with Crippen molar-refractivity contribution in [1.82, 2.24) is 10.2 Å². The van der Waals surface area contributed by atoms with Crippen molar-refractivity contribution in [3.05, 3.63) is 0 Å². The maximum absolute atomic E-state index is 12.5. The van der Waals surface area contributed by atoms with Crippen LogP contribution in [0.25, 0.3) is 0 Å². The summed E-state index contributed by atoms with van der Waals surface area (Å²) in [4.78, 5) is 26.2. The van der Waals surface area contributed by atoms with Crippen LogP contribution < -0.4 is 11.1 Å². The van der Waals surface area contributed by atoms with Gasteiger partial charge < -0.3 is 20.7 Å². The minimum Gasteiger partial charge on any atom is -0.377 e. The fourth-order valence-corrected chi connectivity index (χ4v) is 1.92. The highest BCUT2D eigenvalue weighted by atomic mass is 16.5. The number of hydrogen-bond donors (Lipinski definition) is 2. The smallest absolute Gasteiger partial charge is 0.245 e. The van der Waals surface area contributed by atoms with E-state index < -0.39 is 11.5 Å². The molecule has 3 N–H and O–H groups in total. The van der Waals surface area contributed by atoms with Crippen LogP contribution in [0, 0.1) is 5.41 Å². The average molecular weight is 271 g/mol. The van der Waals surface area contributed by atoms with E-state index in [9.17, 15) is 9.59 Å². The van der Waals surface area contributed by atoms with Gasteiger partial charge in [0.1, 0.15) is 6.04 Å². The molecule has 1 unspecified atom stereocenters. The number of rotatable bonds is 4. The zero-order chi connectivity index (χ0) is 14.6. The van der Waals surface area contributed by atoms with E-state index in [1.807, 2.05) is 13.8 Å². The van der Waals surface area contributed by atoms with Crippen LogP contribution in [-0.4, -0.2) is 55.1 Å². The third kappa shape index (κ3) is 3.91. The molecule has 1 aliphatic rings. The summed E-state index contributed by atoms with van der Waals surface area (Å²) < 4.78 is 5.33. The van der Waals surface area contributed by atoms with Crippen LogP contribution in [-0.2, 0) is 14.3 Å². The van der Waals surface area contributed by atoms with Crippen LogP contribution in [0.15, 0.2) is 0 Å². The third-order valence-electron chi connectivity index (χ3n) is 3.21. The maximum Gasteiger partial charge on any atom is 0.245 e. The molecule has 0 aromatic carbocycles. The Morgan fingerprint density at radius 3 is 2.63 bits per heavy atom. The number of nitrogens with zero attached hydrogens (tertiary/aromatic N) is 1. The van der Waals surface area contributed by atoms with E-state index in [4.69, 9.17) is 10.5 Å². The zero-order valence-electron chi connectivity index (χ0n) is 12.2. The summed E-state index contributed by atoms with van der Waals surface area (Å²) in [7, 11) is 0. The summed E-state index contributed by atoms with van der Waals surface area (Å²) in [5.41, 5.74) is 4.98. The van der Waals surface area contributed by atoms with Crippen LogP contribution in [0.1, 0.15) is 27.7 Å². The summed E-state index contributed by atoms with van der Waals surface area (Å²) in [5.74, 6) is -0.266. The van der Waals surface area contributed by atoms with E-state index in [0.29, 0.717) is 13.2 Å². The highest BCUT2D eigenvalue weighted by Gasteiger charge is 2.39. The number of carbonyl (C=O) groups is 2. The lowest BCUT2D eigenvalue weighted by Crippen LogP contribution is -2.59. The third-order valence-corrected chi connectivity index (χ3v) is 3.21. The van der Waals surface area contributed by atoms with Crippen LogP contribution in [0.3, 0.4) is 0 Å². The van der Waals surface area contributed by atoms with E-state index in [2.05, 4.69) is 5.32 Å². The molecule has 1 saturated heterocycles. The molecule has 2 amide bonds. The Kier molecular flexibility index (Phi) is 5.31. The van der Waals surface area contributed by atoms with Crippen molar-refractivity contribution in [2.75, 3.05) is 26.3 Å². The average Bonchev–Trinajstić information content (AvgIpc) is 2.37. The number of nitrogens with two attached hydrogens (primary N) is 1. The molecule has 110 valence electrons. The molecule has 19 heavy (non-hydrogen) atoms. The van der Waals surface area contributed by atoms with E-state index in [1.165, 1.54) is 0 Å². The molecule has 0 radical (unpaired) electrons. The van der Waals surface area contributed by atoms with Crippen LogP contribution >= 0.6 is 0 Å². The van der Waals surface area contributed by atoms with Gasteiger partial charge in [-0.15, -0.1) is 0 Å². The fourth-order valence-electron chi connectivity index (χ4n) is 1.92. The Balaban J connectivity index is 2.83. The molecule has 0 aromatic heterocycles. The van der Waals surface area contributed by atoms with E-state index in [-0.39, 0.29) is 31.0 Å². The maximum atomic E-state index is 12.5. The van der Waals surface area contributed by atoms with Gasteiger partial charge in [-0.1, -0.05) is 0 Å². The van der Waals surface area contributed by atoms with Gasteiger partial charge in [0.15, 0.2) is 0 Å². The molecular weight excluding hydrogens is 246 g/mol. The normalized spacial score (nSPS) is 20.5. The highest BCUT2D eigenvalue weighted by Crippen LogP contribution is 2.20. The van der Waals surface area contributed by atoms with Crippen LogP contribution in [0.5, 0.6) is 0 Å². The molecule has 1 atom stereocenters. The Hall–Kier alpha value is -1.14. The molecule has 0 spiro atoms. The van der Waals surface area contributed by atoms with Gasteiger partial charge >= 0.3 is 0 Å². The van der Waals surface area contributed by atoms with Crippen molar-refractivity contribution < 1.29 is 14.3 Å². The first-order valence-corrected chi connectivity index (χ1v) is 6.69. The monoisotopic (exact) mass is 271 g/mol. The number of nitrogens with one attached hydrogen (secondary N) is 1. The Labute approximate surface area is 114 Å². The number of carbonyl (C=O) groups excluding carboxylic acids is 2. The van der Waals surface area contributed by atoms with Gasteiger partial charge in [-0.05, 0) is 27.7 Å². The van der Waals surface area contributed by atoms with Crippen molar-refractivity contribution in [1.29, 1.82) is 0 Å². The molecule has 0 saturated carbocycles. The van der Waals surface area contributed by atoms with Gasteiger partial charge in [0, 0.05) is 19.1 Å². The Bertz CT molecular complexity index is 342. The highest BCUT2D eigenvalue weighted by molar-refractivity contribution is 5.90. The van der Waals surface area contributed by atoms with Gasteiger partial charge in [-0.3, -0.25) is 9.59 Å². The van der Waals surface area contributed by atoms with Crippen molar-refractivity contribution >= 4 is 11.8 Å². The lowest BCUT2D eigenvalue weighted by Gasteiger charge is -2.39. The minimum absolute atomic E-state index is 0.0360. The van der Waals surface area contributed by atoms with E-state index in [0.717, 1.165) is 0 Å². The van der Waals surface area contributed by atoms with Gasteiger partial charge in [-0.2, -0.15) is 0 Å². The van der Waals surface area contributed by atoms with Gasteiger partial charge in [0.25, 0.3) is 0 Å². The fraction of sp³-hybridized carbons (Fsp3) is 0.846. The lowest BCUT2D eigenvalue weighted by molar-refractivity contribution is -0.155. The molecule has 0 bridgehead atoms. The lowest BCUT2D eigenvalue weighted by atomic mass is 9.91. The molecule has 6 nitrogen and oxygen atoms in total. The summed E-state index contributed by atoms with van der Waals surface area (Å²) in [6.45, 7) is 8.74. The molecule has 1 rings (SSSR count). The first kappa shape index (κ1) is 15.9. The number of ether oxygens (including phenoxy) is 1. The largest absolute Gasteiger partial charge is 0.377 e. The molecule has 1 aliphatic heterocycles. The predicted octanol–water partition coefficient (Wildman–Crippen LogP) is -0.277. The quantitative estimate of drug-likeness (QED) is 0.737. The van der Waals surface area contributed by atoms with Crippen molar-refractivity contribution in [3.63, 3.8) is 0 Å². The Morgan fingerprint density at radius 2 is 2.11 bits per heavy atom. The first-order chi connectivity index (χ1) is 8.79. The van der Waals surface area contributed by atoms with Gasteiger partial charge in [0.2, 0.25) is 11.8 Å². The minimum atomic E-state index is -0.659.